The summed E-state index contributed by atoms with van der Waals surface area (Å²) in [5.41, 5.74) is 2.47. The first-order valence-corrected chi connectivity index (χ1v) is 6.38. The Morgan fingerprint density at radius 2 is 2.20 bits per heavy atom. The van der Waals surface area contributed by atoms with E-state index in [4.69, 9.17) is 4.74 Å². The van der Waals surface area contributed by atoms with Crippen molar-refractivity contribution in [2.45, 2.75) is 20.4 Å². The Labute approximate surface area is 117 Å². The third-order valence-corrected chi connectivity index (χ3v) is 3.18. The maximum absolute atomic E-state index is 11.9. The van der Waals surface area contributed by atoms with Crippen LogP contribution in [0.4, 0.5) is 0 Å². The Hall–Kier alpha value is -2.37. The van der Waals surface area contributed by atoms with E-state index in [0.29, 0.717) is 24.5 Å². The van der Waals surface area contributed by atoms with Gasteiger partial charge in [-0.2, -0.15) is 0 Å². The van der Waals surface area contributed by atoms with Crippen molar-refractivity contribution in [1.82, 2.24) is 19.9 Å². The summed E-state index contributed by atoms with van der Waals surface area (Å²) in [5.74, 6) is 0.407. The molecule has 2 rings (SSSR count). The van der Waals surface area contributed by atoms with Crippen LogP contribution in [-0.4, -0.2) is 34.1 Å². The number of pyridine rings is 1. The fraction of sp³-hybridized carbons (Fsp3) is 0.357. The van der Waals surface area contributed by atoms with E-state index in [9.17, 15) is 4.79 Å². The number of rotatable bonds is 5. The van der Waals surface area contributed by atoms with E-state index in [-0.39, 0.29) is 5.91 Å². The topological polar surface area (TPSA) is 69.0 Å². The molecule has 0 unspecified atom stereocenters. The minimum absolute atomic E-state index is 0.210. The van der Waals surface area contributed by atoms with Crippen LogP contribution in [-0.2, 0) is 6.54 Å². The van der Waals surface area contributed by atoms with Gasteiger partial charge >= 0.3 is 0 Å². The molecular weight excluding hydrogens is 256 g/mol. The number of carbonyl (C=O) groups excluding carboxylic acids is 1. The predicted octanol–water partition coefficient (Wildman–Crippen LogP) is 1.33. The maximum Gasteiger partial charge on any atom is 0.270 e. The molecule has 20 heavy (non-hydrogen) atoms. The van der Waals surface area contributed by atoms with Gasteiger partial charge in [0.05, 0.1) is 19.1 Å². The molecular formula is C14H18N4O2. The molecule has 0 aliphatic heterocycles. The summed E-state index contributed by atoms with van der Waals surface area (Å²) in [5, 5.41) is 2.83. The lowest BCUT2D eigenvalue weighted by molar-refractivity contribution is 0.0947. The van der Waals surface area contributed by atoms with Gasteiger partial charge in [-0.15, -0.1) is 0 Å². The van der Waals surface area contributed by atoms with Gasteiger partial charge in [-0.1, -0.05) is 0 Å². The largest absolute Gasteiger partial charge is 0.497 e. The average molecular weight is 274 g/mol. The Kier molecular flexibility index (Phi) is 4.34. The monoisotopic (exact) mass is 274 g/mol. The van der Waals surface area contributed by atoms with Crippen LogP contribution in [0.5, 0.6) is 5.75 Å². The van der Waals surface area contributed by atoms with Gasteiger partial charge in [-0.3, -0.25) is 9.78 Å². The normalized spacial score (nSPS) is 10.3. The quantitative estimate of drug-likeness (QED) is 0.893. The Morgan fingerprint density at radius 3 is 2.85 bits per heavy atom. The number of ether oxygens (including phenoxy) is 1. The number of aryl methyl sites for hydroxylation is 1. The third-order valence-electron chi connectivity index (χ3n) is 3.18. The Morgan fingerprint density at radius 1 is 1.40 bits per heavy atom. The molecule has 0 bridgehead atoms. The van der Waals surface area contributed by atoms with Crippen LogP contribution in [0.15, 0.2) is 24.7 Å². The van der Waals surface area contributed by atoms with Crippen LogP contribution in [0.3, 0.4) is 0 Å². The number of carbonyl (C=O) groups is 1. The molecule has 1 N–H and O–H groups in total. The van der Waals surface area contributed by atoms with Crippen LogP contribution in [0.1, 0.15) is 21.9 Å². The van der Waals surface area contributed by atoms with E-state index in [0.717, 1.165) is 11.4 Å². The van der Waals surface area contributed by atoms with E-state index < -0.39 is 0 Å². The van der Waals surface area contributed by atoms with Crippen LogP contribution in [0.2, 0.25) is 0 Å². The van der Waals surface area contributed by atoms with Crippen LogP contribution in [0.25, 0.3) is 0 Å². The number of hydrogen-bond donors (Lipinski definition) is 1. The van der Waals surface area contributed by atoms with Gasteiger partial charge < -0.3 is 14.6 Å². The molecule has 106 valence electrons. The van der Waals surface area contributed by atoms with Gasteiger partial charge in [0, 0.05) is 31.0 Å². The number of nitrogens with one attached hydrogen (secondary N) is 1. The Bertz CT molecular complexity index is 607. The van der Waals surface area contributed by atoms with Crippen molar-refractivity contribution in [3.63, 3.8) is 0 Å². The van der Waals surface area contributed by atoms with Crippen LogP contribution < -0.4 is 10.1 Å². The standard InChI is InChI=1S/C14H18N4O2/c1-10-11(2)18(9-17-10)7-6-16-14(19)13-8-12(20-3)4-5-15-13/h4-5,8-9H,6-7H2,1-3H3,(H,16,19). The molecule has 0 spiro atoms. The minimum Gasteiger partial charge on any atom is -0.497 e. The van der Waals surface area contributed by atoms with E-state index in [1.165, 1.54) is 0 Å². The van der Waals surface area contributed by atoms with Crippen molar-refractivity contribution in [1.29, 1.82) is 0 Å². The smallest absolute Gasteiger partial charge is 0.270 e. The molecule has 0 saturated carbocycles. The SMILES string of the molecule is COc1ccnc(C(=O)NCCn2cnc(C)c2C)c1. The highest BCUT2D eigenvalue weighted by Gasteiger charge is 2.08. The summed E-state index contributed by atoms with van der Waals surface area (Å²) in [4.78, 5) is 20.2. The lowest BCUT2D eigenvalue weighted by Crippen LogP contribution is -2.28. The minimum atomic E-state index is -0.210. The number of hydrogen-bond acceptors (Lipinski definition) is 4. The fourth-order valence-corrected chi connectivity index (χ4v) is 1.81. The van der Waals surface area contributed by atoms with Crippen LogP contribution in [0, 0.1) is 13.8 Å². The second kappa shape index (κ2) is 6.18. The van der Waals surface area contributed by atoms with Gasteiger partial charge in [0.25, 0.3) is 5.91 Å². The van der Waals surface area contributed by atoms with Crippen LogP contribution >= 0.6 is 0 Å². The van der Waals surface area contributed by atoms with Crippen molar-refractivity contribution in [3.05, 3.63) is 41.7 Å². The number of amides is 1. The van der Waals surface area contributed by atoms with E-state index in [1.807, 2.05) is 18.4 Å². The van der Waals surface area contributed by atoms with Gasteiger partial charge in [0.15, 0.2) is 0 Å². The van der Waals surface area contributed by atoms with Crippen molar-refractivity contribution in [3.8, 4) is 5.75 Å². The molecule has 0 radical (unpaired) electrons. The van der Waals surface area contributed by atoms with E-state index >= 15 is 0 Å². The summed E-state index contributed by atoms with van der Waals surface area (Å²) in [7, 11) is 1.56. The molecule has 2 heterocycles. The van der Waals surface area contributed by atoms with Crippen molar-refractivity contribution >= 4 is 5.91 Å². The van der Waals surface area contributed by atoms with Gasteiger partial charge in [-0.05, 0) is 19.9 Å². The first kappa shape index (κ1) is 14.0. The number of imidazole rings is 1. The molecule has 0 atom stereocenters. The molecule has 6 nitrogen and oxygen atoms in total. The Balaban J connectivity index is 1.90. The average Bonchev–Trinajstić information content (AvgIpc) is 2.79. The van der Waals surface area contributed by atoms with Gasteiger partial charge in [0.2, 0.25) is 0 Å². The maximum atomic E-state index is 11.9. The molecule has 2 aromatic heterocycles. The molecule has 2 aromatic rings. The predicted molar refractivity (Wildman–Crippen MR) is 74.8 cm³/mol. The van der Waals surface area contributed by atoms with Crippen molar-refractivity contribution in [2.24, 2.45) is 0 Å². The summed E-state index contributed by atoms with van der Waals surface area (Å²) in [6.45, 7) is 5.18. The molecule has 0 aromatic carbocycles. The highest BCUT2D eigenvalue weighted by atomic mass is 16.5. The molecule has 1 amide bonds. The third kappa shape index (κ3) is 3.14. The van der Waals surface area contributed by atoms with Gasteiger partial charge in [0.1, 0.15) is 11.4 Å². The van der Waals surface area contributed by atoms with Gasteiger partial charge in [-0.25, -0.2) is 4.98 Å². The zero-order chi connectivity index (χ0) is 14.5. The summed E-state index contributed by atoms with van der Waals surface area (Å²) >= 11 is 0. The molecule has 0 saturated heterocycles. The van der Waals surface area contributed by atoms with E-state index in [1.54, 1.807) is 31.8 Å². The second-order valence-corrected chi connectivity index (χ2v) is 4.45. The zero-order valence-corrected chi connectivity index (χ0v) is 11.9. The van der Waals surface area contributed by atoms with E-state index in [2.05, 4.69) is 15.3 Å². The highest BCUT2D eigenvalue weighted by molar-refractivity contribution is 5.92. The van der Waals surface area contributed by atoms with Crippen molar-refractivity contribution < 1.29 is 9.53 Å². The zero-order valence-electron chi connectivity index (χ0n) is 11.9. The fourth-order valence-electron chi connectivity index (χ4n) is 1.81. The number of methoxy groups -OCH3 is 1. The number of aromatic nitrogens is 3. The highest BCUT2D eigenvalue weighted by Crippen LogP contribution is 2.09. The lowest BCUT2D eigenvalue weighted by Gasteiger charge is -2.08. The summed E-state index contributed by atoms with van der Waals surface area (Å²) in [6.07, 6.45) is 3.33. The molecule has 0 aliphatic rings. The molecule has 0 fully saturated rings. The van der Waals surface area contributed by atoms with Crippen molar-refractivity contribution in [2.75, 3.05) is 13.7 Å². The lowest BCUT2D eigenvalue weighted by atomic mass is 10.3. The second-order valence-electron chi connectivity index (χ2n) is 4.45. The summed E-state index contributed by atoms with van der Waals surface area (Å²) in [6, 6.07) is 3.32. The first-order chi connectivity index (χ1) is 9.61. The summed E-state index contributed by atoms with van der Waals surface area (Å²) < 4.78 is 7.07. The number of nitrogens with zero attached hydrogens (tertiary/aromatic N) is 3. The molecule has 6 heteroatoms. The molecule has 0 aliphatic carbocycles. The first-order valence-electron chi connectivity index (χ1n) is 6.38.